The molecule has 4 rings (SSSR count). The number of esters is 2. The minimum Gasteiger partial charge on any atom is -0.496 e. The number of carbonyl (C=O) groups is 3. The average molecular weight is 548 g/mol. The van der Waals surface area contributed by atoms with Crippen LogP contribution in [0.25, 0.3) is 0 Å². The van der Waals surface area contributed by atoms with Crippen LogP contribution in [0.4, 0.5) is 30.6 Å². The largest absolute Gasteiger partial charge is 0.496 e. The van der Waals surface area contributed by atoms with Gasteiger partial charge in [-0.3, -0.25) is 0 Å². The SMILES string of the molecule is COC(=O)c1scc(NC(=O)Nc2cc(CN3CCOc4ccc(F)cc43)c(OC)cc2F)c1C(=O)OC. The summed E-state index contributed by atoms with van der Waals surface area (Å²) in [6, 6.07) is 5.83. The predicted molar refractivity (Wildman–Crippen MR) is 136 cm³/mol. The second-order valence-electron chi connectivity index (χ2n) is 7.94. The molecule has 0 saturated carbocycles. The molecule has 2 amide bonds. The van der Waals surface area contributed by atoms with Crippen LogP contribution in [-0.2, 0) is 16.0 Å². The molecule has 0 spiro atoms. The zero-order valence-corrected chi connectivity index (χ0v) is 21.4. The topological polar surface area (TPSA) is 115 Å². The molecule has 13 heteroatoms. The van der Waals surface area contributed by atoms with Crippen LogP contribution >= 0.6 is 11.3 Å². The number of halogens is 2. The highest BCUT2D eigenvalue weighted by molar-refractivity contribution is 7.13. The van der Waals surface area contributed by atoms with Crippen molar-refractivity contribution in [2.75, 3.05) is 50.0 Å². The van der Waals surface area contributed by atoms with E-state index in [1.54, 1.807) is 0 Å². The van der Waals surface area contributed by atoms with Crippen LogP contribution in [0.2, 0.25) is 0 Å². The van der Waals surface area contributed by atoms with Crippen molar-refractivity contribution in [1.82, 2.24) is 0 Å². The zero-order chi connectivity index (χ0) is 27.4. The number of carbonyl (C=O) groups excluding carboxylic acids is 3. The van der Waals surface area contributed by atoms with Crippen molar-refractivity contribution in [3.05, 3.63) is 63.4 Å². The first-order valence-corrected chi connectivity index (χ1v) is 12.0. The van der Waals surface area contributed by atoms with Gasteiger partial charge in [-0.15, -0.1) is 11.3 Å². The van der Waals surface area contributed by atoms with E-state index < -0.39 is 29.6 Å². The number of methoxy groups -OCH3 is 3. The summed E-state index contributed by atoms with van der Waals surface area (Å²) in [4.78, 5) is 38.8. The molecule has 2 aromatic carbocycles. The predicted octanol–water partition coefficient (Wildman–Crippen LogP) is 4.65. The number of hydrogen-bond donors (Lipinski definition) is 2. The maximum absolute atomic E-state index is 14.9. The third-order valence-corrected chi connectivity index (χ3v) is 6.62. The molecule has 0 unspecified atom stereocenters. The van der Waals surface area contributed by atoms with Gasteiger partial charge in [-0.25, -0.2) is 23.2 Å². The lowest BCUT2D eigenvalue weighted by molar-refractivity contribution is 0.0561. The van der Waals surface area contributed by atoms with Crippen LogP contribution in [0, 0.1) is 11.6 Å². The molecule has 0 saturated heterocycles. The van der Waals surface area contributed by atoms with E-state index in [0.29, 0.717) is 30.2 Å². The monoisotopic (exact) mass is 547 g/mol. The van der Waals surface area contributed by atoms with Crippen molar-refractivity contribution in [2.24, 2.45) is 0 Å². The van der Waals surface area contributed by atoms with Gasteiger partial charge in [0, 0.05) is 29.6 Å². The van der Waals surface area contributed by atoms with E-state index in [0.717, 1.165) is 31.6 Å². The van der Waals surface area contributed by atoms with Gasteiger partial charge in [-0.05, 0) is 18.2 Å². The molecular weight excluding hydrogens is 524 g/mol. The first-order valence-electron chi connectivity index (χ1n) is 11.2. The van der Waals surface area contributed by atoms with E-state index in [9.17, 15) is 23.2 Å². The third-order valence-electron chi connectivity index (χ3n) is 5.66. The number of ether oxygens (including phenoxy) is 4. The molecule has 1 aliphatic rings. The highest BCUT2D eigenvalue weighted by Crippen LogP contribution is 2.36. The van der Waals surface area contributed by atoms with E-state index in [4.69, 9.17) is 14.2 Å². The van der Waals surface area contributed by atoms with Gasteiger partial charge in [-0.1, -0.05) is 0 Å². The molecule has 38 heavy (non-hydrogen) atoms. The number of amides is 2. The Morgan fingerprint density at radius 1 is 1.03 bits per heavy atom. The fourth-order valence-corrected chi connectivity index (χ4v) is 4.80. The number of urea groups is 1. The maximum Gasteiger partial charge on any atom is 0.349 e. The maximum atomic E-state index is 14.9. The summed E-state index contributed by atoms with van der Waals surface area (Å²) in [6.45, 7) is 1.02. The fraction of sp³-hybridized carbons (Fsp3) is 0.240. The van der Waals surface area contributed by atoms with Crippen molar-refractivity contribution in [3.63, 3.8) is 0 Å². The number of nitrogens with zero attached hydrogens (tertiary/aromatic N) is 1. The Kier molecular flexibility index (Phi) is 7.96. The first kappa shape index (κ1) is 26.7. The van der Waals surface area contributed by atoms with Crippen molar-refractivity contribution in [1.29, 1.82) is 0 Å². The number of benzene rings is 2. The van der Waals surface area contributed by atoms with Gasteiger partial charge in [-0.2, -0.15) is 0 Å². The summed E-state index contributed by atoms with van der Waals surface area (Å²) < 4.78 is 49.1. The first-order chi connectivity index (χ1) is 18.2. The zero-order valence-electron chi connectivity index (χ0n) is 20.6. The van der Waals surface area contributed by atoms with Gasteiger partial charge in [0.05, 0.1) is 44.9 Å². The van der Waals surface area contributed by atoms with Crippen LogP contribution in [0.3, 0.4) is 0 Å². The second-order valence-corrected chi connectivity index (χ2v) is 8.82. The van der Waals surface area contributed by atoms with Crippen molar-refractivity contribution >= 4 is 46.4 Å². The normalized spacial score (nSPS) is 12.2. The van der Waals surface area contributed by atoms with Gasteiger partial charge in [0.2, 0.25) is 0 Å². The van der Waals surface area contributed by atoms with Crippen molar-refractivity contribution < 1.29 is 42.1 Å². The lowest BCUT2D eigenvalue weighted by Crippen LogP contribution is -2.32. The Morgan fingerprint density at radius 2 is 1.76 bits per heavy atom. The van der Waals surface area contributed by atoms with Gasteiger partial charge in [0.25, 0.3) is 0 Å². The number of hydrogen-bond acceptors (Lipinski definition) is 9. The molecule has 1 aromatic heterocycles. The Balaban J connectivity index is 1.58. The van der Waals surface area contributed by atoms with Gasteiger partial charge in [0.1, 0.15) is 40.2 Å². The van der Waals surface area contributed by atoms with Gasteiger partial charge in [0.15, 0.2) is 0 Å². The van der Waals surface area contributed by atoms with Gasteiger partial charge < -0.3 is 34.5 Å². The van der Waals surface area contributed by atoms with Crippen LogP contribution < -0.4 is 25.0 Å². The molecule has 2 N–H and O–H groups in total. The highest BCUT2D eigenvalue weighted by atomic mass is 32.1. The minimum atomic E-state index is -0.877. The average Bonchev–Trinajstić information content (AvgIpc) is 3.32. The number of nitrogens with one attached hydrogen (secondary N) is 2. The summed E-state index contributed by atoms with van der Waals surface area (Å²) in [5.74, 6) is -2.10. The molecule has 0 bridgehead atoms. The van der Waals surface area contributed by atoms with E-state index in [1.807, 2.05) is 4.90 Å². The summed E-state index contributed by atoms with van der Waals surface area (Å²) in [7, 11) is 3.66. The Morgan fingerprint density at radius 3 is 2.47 bits per heavy atom. The molecular formula is C25H23F2N3O7S. The molecule has 0 aliphatic carbocycles. The summed E-state index contributed by atoms with van der Waals surface area (Å²) in [6.07, 6.45) is 0. The van der Waals surface area contributed by atoms with Crippen molar-refractivity contribution in [2.45, 2.75) is 6.54 Å². The third kappa shape index (κ3) is 5.47. The number of rotatable bonds is 7. The van der Waals surface area contributed by atoms with Crippen LogP contribution in [0.15, 0.2) is 35.7 Å². The van der Waals surface area contributed by atoms with E-state index in [1.165, 1.54) is 36.8 Å². The number of anilines is 3. The highest BCUT2D eigenvalue weighted by Gasteiger charge is 2.27. The number of thiophene rings is 1. The van der Waals surface area contributed by atoms with E-state index in [-0.39, 0.29) is 34.1 Å². The minimum absolute atomic E-state index is 0.0131. The van der Waals surface area contributed by atoms with Crippen molar-refractivity contribution in [3.8, 4) is 11.5 Å². The molecule has 0 fully saturated rings. The van der Waals surface area contributed by atoms with Crippen LogP contribution in [0.1, 0.15) is 25.6 Å². The molecule has 200 valence electrons. The molecule has 2 heterocycles. The lowest BCUT2D eigenvalue weighted by atomic mass is 10.1. The van der Waals surface area contributed by atoms with E-state index in [2.05, 4.69) is 15.4 Å². The molecule has 3 aromatic rings. The summed E-state index contributed by atoms with van der Waals surface area (Å²) >= 11 is 0.875. The molecule has 0 atom stereocenters. The van der Waals surface area contributed by atoms with Gasteiger partial charge >= 0.3 is 18.0 Å². The lowest BCUT2D eigenvalue weighted by Gasteiger charge is -2.31. The quantitative estimate of drug-likeness (QED) is 0.411. The summed E-state index contributed by atoms with van der Waals surface area (Å²) in [5.41, 5.74) is 0.674. The Labute approximate surface area is 220 Å². The Hall–Kier alpha value is -4.39. The summed E-state index contributed by atoms with van der Waals surface area (Å²) in [5, 5.41) is 6.20. The number of fused-ring (bicyclic) bond motifs is 1. The molecule has 0 radical (unpaired) electrons. The van der Waals surface area contributed by atoms with Crippen LogP contribution in [0.5, 0.6) is 11.5 Å². The fourth-order valence-electron chi connectivity index (χ4n) is 3.90. The smallest absolute Gasteiger partial charge is 0.349 e. The molecule has 1 aliphatic heterocycles. The second kappa shape index (κ2) is 11.3. The standard InChI is InChI=1S/C25H23F2N3O7S/c1-34-20-10-15(27)16(8-13(20)11-30-6-7-37-19-5-4-14(26)9-18(19)30)28-25(33)29-17-12-38-22(24(32)36-3)21(17)23(31)35-2/h4-5,8-10,12H,6-7,11H2,1-3H3,(H2,28,29,33). The molecule has 10 nitrogen and oxygen atoms in total. The van der Waals surface area contributed by atoms with Crippen LogP contribution in [-0.4, -0.2) is 52.5 Å². The Bertz CT molecular complexity index is 1400. The van der Waals surface area contributed by atoms with E-state index >= 15 is 0 Å².